The van der Waals surface area contributed by atoms with Gasteiger partial charge in [-0.05, 0) is 44.0 Å². The molecule has 1 aliphatic rings. The van der Waals surface area contributed by atoms with Crippen LogP contribution >= 0.6 is 15.9 Å². The molecule has 0 amide bonds. The molecule has 0 atom stereocenters. The third kappa shape index (κ3) is 3.71. The Morgan fingerprint density at radius 3 is 2.76 bits per heavy atom. The Morgan fingerprint density at radius 1 is 1.35 bits per heavy atom. The van der Waals surface area contributed by atoms with Gasteiger partial charge in [-0.25, -0.2) is 0 Å². The lowest BCUT2D eigenvalue weighted by atomic mass is 10.1. The standard InChI is InChI=1S/C14H20BrNO/c1-16(9-11-4-2-3-5-11)10-12-8-13(15)6-7-14(12)17/h6-8,11,17H,2-5,9-10H2,1H3. The van der Waals surface area contributed by atoms with E-state index in [1.807, 2.05) is 12.1 Å². The highest BCUT2D eigenvalue weighted by Crippen LogP contribution is 2.27. The molecular weight excluding hydrogens is 278 g/mol. The summed E-state index contributed by atoms with van der Waals surface area (Å²) >= 11 is 3.44. The zero-order valence-corrected chi connectivity index (χ0v) is 11.9. The number of benzene rings is 1. The summed E-state index contributed by atoms with van der Waals surface area (Å²) in [5, 5.41) is 9.80. The number of phenolic OH excluding ortho intramolecular Hbond substituents is 1. The Morgan fingerprint density at radius 2 is 2.06 bits per heavy atom. The average Bonchev–Trinajstić information content (AvgIpc) is 2.76. The summed E-state index contributed by atoms with van der Waals surface area (Å²) in [7, 11) is 2.14. The molecule has 1 fully saturated rings. The first-order chi connectivity index (χ1) is 8.15. The van der Waals surface area contributed by atoms with Gasteiger partial charge in [-0.2, -0.15) is 0 Å². The van der Waals surface area contributed by atoms with Gasteiger partial charge in [0.05, 0.1) is 0 Å². The molecule has 1 aliphatic carbocycles. The summed E-state index contributed by atoms with van der Waals surface area (Å²) in [5.74, 6) is 1.25. The van der Waals surface area contributed by atoms with E-state index in [1.54, 1.807) is 6.07 Å². The number of hydrogen-bond acceptors (Lipinski definition) is 2. The summed E-state index contributed by atoms with van der Waals surface area (Å²) in [6, 6.07) is 5.62. The first-order valence-corrected chi connectivity index (χ1v) is 7.10. The van der Waals surface area contributed by atoms with Gasteiger partial charge in [0.15, 0.2) is 0 Å². The predicted octanol–water partition coefficient (Wildman–Crippen LogP) is 3.78. The molecule has 0 unspecified atom stereocenters. The molecule has 0 spiro atoms. The van der Waals surface area contributed by atoms with E-state index in [2.05, 4.69) is 27.9 Å². The molecular formula is C14H20BrNO. The molecule has 1 aromatic rings. The number of aromatic hydroxyl groups is 1. The van der Waals surface area contributed by atoms with Crippen LogP contribution in [0.2, 0.25) is 0 Å². The van der Waals surface area contributed by atoms with Crippen LogP contribution in [0.3, 0.4) is 0 Å². The normalized spacial score (nSPS) is 16.9. The average molecular weight is 298 g/mol. The second kappa shape index (κ2) is 5.87. The summed E-state index contributed by atoms with van der Waals surface area (Å²) in [4.78, 5) is 2.32. The number of nitrogens with zero attached hydrogens (tertiary/aromatic N) is 1. The Balaban J connectivity index is 1.92. The molecule has 1 aromatic carbocycles. The fourth-order valence-corrected chi connectivity index (χ4v) is 3.08. The smallest absolute Gasteiger partial charge is 0.120 e. The van der Waals surface area contributed by atoms with Crippen molar-refractivity contribution in [3.8, 4) is 5.75 Å². The number of rotatable bonds is 4. The van der Waals surface area contributed by atoms with Crippen LogP contribution in [0.1, 0.15) is 31.2 Å². The largest absolute Gasteiger partial charge is 0.508 e. The Bertz CT molecular complexity index is 374. The van der Waals surface area contributed by atoms with Crippen LogP contribution in [-0.2, 0) is 6.54 Å². The number of hydrogen-bond donors (Lipinski definition) is 1. The van der Waals surface area contributed by atoms with Crippen LogP contribution in [0.25, 0.3) is 0 Å². The highest BCUT2D eigenvalue weighted by Gasteiger charge is 2.17. The maximum Gasteiger partial charge on any atom is 0.120 e. The minimum Gasteiger partial charge on any atom is -0.508 e. The van der Waals surface area contributed by atoms with Crippen molar-refractivity contribution < 1.29 is 5.11 Å². The van der Waals surface area contributed by atoms with Crippen molar-refractivity contribution in [1.29, 1.82) is 0 Å². The van der Waals surface area contributed by atoms with Crippen LogP contribution in [0, 0.1) is 5.92 Å². The SMILES string of the molecule is CN(Cc1cc(Br)ccc1O)CC1CCCC1. The molecule has 1 N–H and O–H groups in total. The van der Waals surface area contributed by atoms with Gasteiger partial charge < -0.3 is 10.0 Å². The van der Waals surface area contributed by atoms with Gasteiger partial charge in [0.1, 0.15) is 5.75 Å². The summed E-state index contributed by atoms with van der Waals surface area (Å²) in [6.45, 7) is 1.97. The first-order valence-electron chi connectivity index (χ1n) is 6.31. The second-order valence-electron chi connectivity index (χ2n) is 5.12. The highest BCUT2D eigenvalue weighted by atomic mass is 79.9. The number of halogens is 1. The summed E-state index contributed by atoms with van der Waals surface area (Å²) in [6.07, 6.45) is 5.52. The van der Waals surface area contributed by atoms with Crippen LogP contribution in [-0.4, -0.2) is 23.6 Å². The summed E-state index contributed by atoms with van der Waals surface area (Å²) < 4.78 is 1.03. The van der Waals surface area contributed by atoms with Crippen molar-refractivity contribution >= 4 is 15.9 Å². The van der Waals surface area contributed by atoms with E-state index in [-0.39, 0.29) is 0 Å². The zero-order chi connectivity index (χ0) is 12.3. The van der Waals surface area contributed by atoms with E-state index in [0.29, 0.717) is 5.75 Å². The lowest BCUT2D eigenvalue weighted by Crippen LogP contribution is -2.24. The first kappa shape index (κ1) is 12.9. The third-order valence-electron chi connectivity index (χ3n) is 3.53. The van der Waals surface area contributed by atoms with E-state index in [4.69, 9.17) is 0 Å². The fraction of sp³-hybridized carbons (Fsp3) is 0.571. The highest BCUT2D eigenvalue weighted by molar-refractivity contribution is 9.10. The van der Waals surface area contributed by atoms with Gasteiger partial charge in [-0.1, -0.05) is 28.8 Å². The van der Waals surface area contributed by atoms with E-state index < -0.39 is 0 Å². The lowest BCUT2D eigenvalue weighted by Gasteiger charge is -2.21. The van der Waals surface area contributed by atoms with Gasteiger partial charge >= 0.3 is 0 Å². The molecule has 0 radical (unpaired) electrons. The molecule has 0 heterocycles. The molecule has 2 rings (SSSR count). The van der Waals surface area contributed by atoms with E-state index in [1.165, 1.54) is 25.7 Å². The monoisotopic (exact) mass is 297 g/mol. The van der Waals surface area contributed by atoms with Crippen LogP contribution in [0.5, 0.6) is 5.75 Å². The summed E-state index contributed by atoms with van der Waals surface area (Å²) in [5.41, 5.74) is 1.000. The van der Waals surface area contributed by atoms with Crippen molar-refractivity contribution in [2.45, 2.75) is 32.2 Å². The topological polar surface area (TPSA) is 23.5 Å². The molecule has 1 saturated carbocycles. The van der Waals surface area contributed by atoms with Gasteiger partial charge in [-0.15, -0.1) is 0 Å². The van der Waals surface area contributed by atoms with E-state index in [0.717, 1.165) is 29.0 Å². The fourth-order valence-electron chi connectivity index (χ4n) is 2.67. The van der Waals surface area contributed by atoms with Crippen molar-refractivity contribution in [2.24, 2.45) is 5.92 Å². The lowest BCUT2D eigenvalue weighted by molar-refractivity contribution is 0.268. The maximum absolute atomic E-state index is 9.80. The molecule has 0 aliphatic heterocycles. The van der Waals surface area contributed by atoms with Crippen molar-refractivity contribution in [1.82, 2.24) is 4.90 Å². The Hall–Kier alpha value is -0.540. The van der Waals surface area contributed by atoms with E-state index >= 15 is 0 Å². The molecule has 0 bridgehead atoms. The van der Waals surface area contributed by atoms with Crippen molar-refractivity contribution in [3.05, 3.63) is 28.2 Å². The molecule has 0 saturated heterocycles. The molecule has 2 nitrogen and oxygen atoms in total. The van der Waals surface area contributed by atoms with Crippen LogP contribution in [0.4, 0.5) is 0 Å². The molecule has 17 heavy (non-hydrogen) atoms. The molecule has 3 heteroatoms. The van der Waals surface area contributed by atoms with Crippen molar-refractivity contribution in [3.63, 3.8) is 0 Å². The van der Waals surface area contributed by atoms with Gasteiger partial charge in [0.2, 0.25) is 0 Å². The Kier molecular flexibility index (Phi) is 4.46. The van der Waals surface area contributed by atoms with Gasteiger partial charge in [-0.3, -0.25) is 0 Å². The maximum atomic E-state index is 9.80. The predicted molar refractivity (Wildman–Crippen MR) is 74.1 cm³/mol. The van der Waals surface area contributed by atoms with Gasteiger partial charge in [0, 0.05) is 23.1 Å². The minimum atomic E-state index is 0.395. The minimum absolute atomic E-state index is 0.395. The molecule has 0 aromatic heterocycles. The zero-order valence-electron chi connectivity index (χ0n) is 10.3. The second-order valence-corrected chi connectivity index (χ2v) is 6.04. The van der Waals surface area contributed by atoms with Gasteiger partial charge in [0.25, 0.3) is 0 Å². The van der Waals surface area contributed by atoms with Crippen LogP contribution in [0.15, 0.2) is 22.7 Å². The van der Waals surface area contributed by atoms with Crippen molar-refractivity contribution in [2.75, 3.05) is 13.6 Å². The number of phenols is 1. The third-order valence-corrected chi connectivity index (χ3v) is 4.02. The Labute approximate surface area is 112 Å². The van der Waals surface area contributed by atoms with Crippen LogP contribution < -0.4 is 0 Å². The van der Waals surface area contributed by atoms with E-state index in [9.17, 15) is 5.11 Å². The molecule has 94 valence electrons. The quantitative estimate of drug-likeness (QED) is 0.914.